The Hall–Kier alpha value is -0.830. The maximum absolute atomic E-state index is 11.6. The first-order valence-electron chi connectivity index (χ1n) is 5.71. The van der Waals surface area contributed by atoms with Gasteiger partial charge in [-0.3, -0.25) is 4.79 Å². The number of amides is 1. The van der Waals surface area contributed by atoms with Crippen molar-refractivity contribution in [3.8, 4) is 0 Å². The zero-order valence-corrected chi connectivity index (χ0v) is 9.95. The minimum atomic E-state index is 0.0931. The molecule has 0 radical (unpaired) electrons. The highest BCUT2D eigenvalue weighted by Gasteiger charge is 2.15. The highest BCUT2D eigenvalue weighted by atomic mass is 32.1. The molecular weight excluding hydrogens is 206 g/mol. The number of hydrogen-bond acceptors (Lipinski definition) is 2. The molecule has 3 heteroatoms. The number of fused-ring (bicyclic) bond motifs is 1. The van der Waals surface area contributed by atoms with Gasteiger partial charge in [-0.15, -0.1) is 11.3 Å². The molecule has 0 saturated heterocycles. The highest BCUT2D eigenvalue weighted by molar-refractivity contribution is 7.14. The third-order valence-electron chi connectivity index (χ3n) is 2.81. The number of hydrogen-bond donors (Lipinski definition) is 1. The number of rotatable bonds is 2. The van der Waals surface area contributed by atoms with E-state index in [2.05, 4.69) is 11.4 Å². The van der Waals surface area contributed by atoms with Gasteiger partial charge in [-0.25, -0.2) is 0 Å². The molecule has 0 unspecified atom stereocenters. The quantitative estimate of drug-likeness (QED) is 0.767. The topological polar surface area (TPSA) is 29.1 Å². The van der Waals surface area contributed by atoms with Gasteiger partial charge in [0.25, 0.3) is 5.91 Å². The lowest BCUT2D eigenvalue weighted by atomic mass is 10.1. The Morgan fingerprint density at radius 1 is 1.40 bits per heavy atom. The Labute approximate surface area is 94.7 Å². The molecule has 1 aromatic heterocycles. The van der Waals surface area contributed by atoms with Crippen LogP contribution in [0.15, 0.2) is 6.07 Å². The number of nitrogens with one attached hydrogen (secondary N) is 1. The van der Waals surface area contributed by atoms with E-state index >= 15 is 0 Å². The summed E-state index contributed by atoms with van der Waals surface area (Å²) in [5.41, 5.74) is 1.42. The van der Waals surface area contributed by atoms with E-state index in [-0.39, 0.29) is 5.91 Å². The van der Waals surface area contributed by atoms with Crippen LogP contribution in [-0.4, -0.2) is 12.5 Å². The number of aryl methyl sites for hydroxylation is 2. The van der Waals surface area contributed by atoms with E-state index in [0.717, 1.165) is 11.3 Å². The predicted molar refractivity (Wildman–Crippen MR) is 63.6 cm³/mol. The third-order valence-corrected chi connectivity index (χ3v) is 4.04. The van der Waals surface area contributed by atoms with Gasteiger partial charge in [-0.05, 0) is 44.2 Å². The van der Waals surface area contributed by atoms with Crippen molar-refractivity contribution in [2.45, 2.75) is 39.0 Å². The summed E-state index contributed by atoms with van der Waals surface area (Å²) in [6.07, 6.45) is 6.21. The van der Waals surface area contributed by atoms with Crippen LogP contribution in [0, 0.1) is 0 Å². The van der Waals surface area contributed by atoms with Crippen LogP contribution in [0.3, 0.4) is 0 Å². The largest absolute Gasteiger partial charge is 0.352 e. The molecule has 0 atom stereocenters. The Kier molecular flexibility index (Phi) is 3.41. The molecule has 1 aliphatic carbocycles. The van der Waals surface area contributed by atoms with Crippen molar-refractivity contribution >= 4 is 17.2 Å². The molecule has 15 heavy (non-hydrogen) atoms. The van der Waals surface area contributed by atoms with E-state index in [1.54, 1.807) is 11.3 Å². The van der Waals surface area contributed by atoms with Crippen LogP contribution in [-0.2, 0) is 12.8 Å². The molecule has 0 spiro atoms. The first kappa shape index (κ1) is 10.7. The van der Waals surface area contributed by atoms with Gasteiger partial charge >= 0.3 is 0 Å². The normalized spacial score (nSPS) is 15.5. The SMILES string of the molecule is CCNC(=O)c1cc2c(s1)CCCCC2. The maximum atomic E-state index is 11.6. The average Bonchev–Trinajstić information content (AvgIpc) is 2.51. The summed E-state index contributed by atoms with van der Waals surface area (Å²) in [5.74, 6) is 0.0931. The van der Waals surface area contributed by atoms with Crippen LogP contribution >= 0.6 is 11.3 Å². The second kappa shape index (κ2) is 4.79. The standard InChI is InChI=1S/C12H17NOS/c1-2-13-12(14)11-8-9-6-4-3-5-7-10(9)15-11/h8H,2-7H2,1H3,(H,13,14). The van der Waals surface area contributed by atoms with Crippen molar-refractivity contribution in [1.82, 2.24) is 5.32 Å². The maximum Gasteiger partial charge on any atom is 0.261 e. The number of carbonyl (C=O) groups is 1. The van der Waals surface area contributed by atoms with Crippen LogP contribution in [0.1, 0.15) is 46.3 Å². The van der Waals surface area contributed by atoms with Crippen LogP contribution in [0.25, 0.3) is 0 Å². The van der Waals surface area contributed by atoms with Crippen molar-refractivity contribution < 1.29 is 4.79 Å². The van der Waals surface area contributed by atoms with E-state index in [4.69, 9.17) is 0 Å². The van der Waals surface area contributed by atoms with Crippen LogP contribution < -0.4 is 5.32 Å². The summed E-state index contributed by atoms with van der Waals surface area (Å²) < 4.78 is 0. The Bertz CT molecular complexity index is 333. The molecule has 2 nitrogen and oxygen atoms in total. The molecule has 82 valence electrons. The van der Waals surface area contributed by atoms with Gasteiger partial charge in [0.05, 0.1) is 4.88 Å². The predicted octanol–water partition coefficient (Wildman–Crippen LogP) is 2.77. The molecule has 1 aromatic rings. The van der Waals surface area contributed by atoms with E-state index < -0.39 is 0 Å². The lowest BCUT2D eigenvalue weighted by molar-refractivity contribution is 0.0960. The van der Waals surface area contributed by atoms with Crippen LogP contribution in [0.4, 0.5) is 0 Å². The fourth-order valence-corrected chi connectivity index (χ4v) is 3.20. The average molecular weight is 223 g/mol. The zero-order valence-electron chi connectivity index (χ0n) is 9.14. The molecule has 0 aromatic carbocycles. The van der Waals surface area contributed by atoms with Crippen LogP contribution in [0.2, 0.25) is 0 Å². The first-order valence-corrected chi connectivity index (χ1v) is 6.52. The smallest absolute Gasteiger partial charge is 0.261 e. The minimum Gasteiger partial charge on any atom is -0.352 e. The van der Waals surface area contributed by atoms with Gasteiger partial charge in [-0.1, -0.05) is 6.42 Å². The van der Waals surface area contributed by atoms with Gasteiger partial charge in [-0.2, -0.15) is 0 Å². The van der Waals surface area contributed by atoms with Gasteiger partial charge in [0.2, 0.25) is 0 Å². The Balaban J connectivity index is 2.18. The molecule has 0 aliphatic heterocycles. The van der Waals surface area contributed by atoms with Crippen molar-refractivity contribution in [1.29, 1.82) is 0 Å². The van der Waals surface area contributed by atoms with Crippen molar-refractivity contribution in [2.24, 2.45) is 0 Å². The lowest BCUT2D eigenvalue weighted by Gasteiger charge is -1.97. The highest BCUT2D eigenvalue weighted by Crippen LogP contribution is 2.28. The fraction of sp³-hybridized carbons (Fsp3) is 0.583. The van der Waals surface area contributed by atoms with E-state index in [1.165, 1.54) is 36.1 Å². The summed E-state index contributed by atoms with van der Waals surface area (Å²) in [5, 5.41) is 2.86. The molecule has 0 bridgehead atoms. The molecule has 0 saturated carbocycles. The second-order valence-corrected chi connectivity index (χ2v) is 5.12. The summed E-state index contributed by atoms with van der Waals surface area (Å²) in [6.45, 7) is 2.66. The molecule has 1 N–H and O–H groups in total. The van der Waals surface area contributed by atoms with Gasteiger partial charge in [0.15, 0.2) is 0 Å². The van der Waals surface area contributed by atoms with Crippen LogP contribution in [0.5, 0.6) is 0 Å². The zero-order chi connectivity index (χ0) is 10.7. The third kappa shape index (κ3) is 2.40. The van der Waals surface area contributed by atoms with Gasteiger partial charge in [0.1, 0.15) is 0 Å². The summed E-state index contributed by atoms with van der Waals surface area (Å²) in [4.78, 5) is 14.0. The van der Waals surface area contributed by atoms with E-state index in [0.29, 0.717) is 6.54 Å². The number of thiophene rings is 1. The molecule has 0 fully saturated rings. The summed E-state index contributed by atoms with van der Waals surface area (Å²) in [7, 11) is 0. The Morgan fingerprint density at radius 2 is 2.20 bits per heavy atom. The molecule has 1 amide bonds. The monoisotopic (exact) mass is 223 g/mol. The molecule has 2 rings (SSSR count). The molecule has 1 aliphatic rings. The van der Waals surface area contributed by atoms with Gasteiger partial charge < -0.3 is 5.32 Å². The van der Waals surface area contributed by atoms with E-state index in [1.807, 2.05) is 6.92 Å². The lowest BCUT2D eigenvalue weighted by Crippen LogP contribution is -2.21. The van der Waals surface area contributed by atoms with Crippen molar-refractivity contribution in [3.63, 3.8) is 0 Å². The number of carbonyl (C=O) groups excluding carboxylic acids is 1. The van der Waals surface area contributed by atoms with E-state index in [9.17, 15) is 4.79 Å². The van der Waals surface area contributed by atoms with Gasteiger partial charge in [0, 0.05) is 11.4 Å². The first-order chi connectivity index (χ1) is 7.31. The minimum absolute atomic E-state index is 0.0931. The summed E-state index contributed by atoms with van der Waals surface area (Å²) >= 11 is 1.68. The molecular formula is C12H17NOS. The Morgan fingerprint density at radius 3 is 3.00 bits per heavy atom. The summed E-state index contributed by atoms with van der Waals surface area (Å²) in [6, 6.07) is 2.09. The fourth-order valence-electron chi connectivity index (χ4n) is 2.03. The molecule has 1 heterocycles. The second-order valence-electron chi connectivity index (χ2n) is 3.98. The van der Waals surface area contributed by atoms with Crippen molar-refractivity contribution in [2.75, 3.05) is 6.54 Å². The van der Waals surface area contributed by atoms with Crippen molar-refractivity contribution in [3.05, 3.63) is 21.4 Å².